The second-order valence-electron chi connectivity index (χ2n) is 3.89. The molecule has 0 bridgehead atoms. The van der Waals surface area contributed by atoms with Gasteiger partial charge in [0.2, 0.25) is 15.8 Å². The van der Waals surface area contributed by atoms with Gasteiger partial charge >= 0.3 is 0 Å². The molecular formula is C13H13NO4S. The zero-order valence-electron chi connectivity index (χ0n) is 10.3. The minimum absolute atomic E-state index is 0.0000767. The molecule has 1 N–H and O–H groups in total. The first-order chi connectivity index (χ1) is 9.02. The van der Waals surface area contributed by atoms with Crippen molar-refractivity contribution < 1.29 is 17.6 Å². The van der Waals surface area contributed by atoms with E-state index in [2.05, 4.69) is 4.72 Å². The van der Waals surface area contributed by atoms with Crippen molar-refractivity contribution in [1.29, 1.82) is 0 Å². The number of benzene rings is 1. The molecule has 19 heavy (non-hydrogen) atoms. The maximum atomic E-state index is 11.9. The third kappa shape index (κ3) is 3.23. The highest BCUT2D eigenvalue weighted by atomic mass is 32.2. The zero-order chi connectivity index (χ0) is 13.9. The van der Waals surface area contributed by atoms with Crippen LogP contribution >= 0.6 is 0 Å². The molecule has 0 aliphatic rings. The van der Waals surface area contributed by atoms with Gasteiger partial charge in [-0.15, -0.1) is 0 Å². The normalized spacial score (nSPS) is 11.2. The van der Waals surface area contributed by atoms with Gasteiger partial charge in [-0.25, -0.2) is 8.42 Å². The molecule has 0 saturated carbocycles. The summed E-state index contributed by atoms with van der Waals surface area (Å²) in [6.07, 6.45) is 1.43. The number of carbonyl (C=O) groups is 1. The molecule has 2 aromatic rings. The van der Waals surface area contributed by atoms with E-state index in [-0.39, 0.29) is 17.3 Å². The lowest BCUT2D eigenvalue weighted by atomic mass is 10.1. The van der Waals surface area contributed by atoms with Crippen molar-refractivity contribution in [2.75, 3.05) is 10.5 Å². The van der Waals surface area contributed by atoms with Gasteiger partial charge in [-0.3, -0.25) is 9.52 Å². The van der Waals surface area contributed by atoms with Crippen LogP contribution in [0, 0.1) is 0 Å². The largest absolute Gasteiger partial charge is 0.461 e. The van der Waals surface area contributed by atoms with Crippen molar-refractivity contribution in [3.8, 4) is 0 Å². The number of hydrogen-bond acceptors (Lipinski definition) is 4. The quantitative estimate of drug-likeness (QED) is 0.852. The van der Waals surface area contributed by atoms with Crippen LogP contribution < -0.4 is 4.72 Å². The van der Waals surface area contributed by atoms with Crippen molar-refractivity contribution in [2.45, 2.75) is 6.92 Å². The zero-order valence-corrected chi connectivity index (χ0v) is 11.1. The van der Waals surface area contributed by atoms with Gasteiger partial charge in [-0.1, -0.05) is 0 Å². The number of sulfonamides is 1. The number of ketones is 1. The van der Waals surface area contributed by atoms with Crippen LogP contribution in [0.25, 0.3) is 0 Å². The van der Waals surface area contributed by atoms with Crippen molar-refractivity contribution in [1.82, 2.24) is 0 Å². The van der Waals surface area contributed by atoms with E-state index in [1.54, 1.807) is 43.3 Å². The maximum Gasteiger partial charge on any atom is 0.232 e. The van der Waals surface area contributed by atoms with Crippen LogP contribution in [0.1, 0.15) is 23.0 Å². The SMILES string of the molecule is CCS(=O)(=O)Nc1ccc(C(=O)c2ccco2)cc1. The smallest absolute Gasteiger partial charge is 0.232 e. The standard InChI is InChI=1S/C13H13NO4S/c1-2-19(16,17)14-11-7-5-10(6-8-11)13(15)12-4-3-9-18-12/h3-9,14H,2H2,1H3. The molecule has 0 fully saturated rings. The first-order valence-electron chi connectivity index (χ1n) is 5.70. The summed E-state index contributed by atoms with van der Waals surface area (Å²) in [4.78, 5) is 11.9. The van der Waals surface area contributed by atoms with E-state index in [0.717, 1.165) is 0 Å². The summed E-state index contributed by atoms with van der Waals surface area (Å²) < 4.78 is 30.2. The molecule has 5 nitrogen and oxygen atoms in total. The van der Waals surface area contributed by atoms with Gasteiger partial charge in [0.05, 0.1) is 12.0 Å². The Morgan fingerprint density at radius 2 is 1.89 bits per heavy atom. The van der Waals surface area contributed by atoms with Gasteiger partial charge in [0, 0.05) is 11.3 Å². The van der Waals surface area contributed by atoms with Crippen LogP contribution in [0.5, 0.6) is 0 Å². The second-order valence-corrected chi connectivity index (χ2v) is 5.90. The lowest BCUT2D eigenvalue weighted by Gasteiger charge is -2.06. The van der Waals surface area contributed by atoms with Crippen LogP contribution in [0.2, 0.25) is 0 Å². The second kappa shape index (κ2) is 5.27. The Bertz CT molecular complexity index is 657. The first-order valence-corrected chi connectivity index (χ1v) is 7.36. The van der Waals surface area contributed by atoms with Gasteiger partial charge < -0.3 is 4.42 Å². The molecule has 0 atom stereocenters. The molecular weight excluding hydrogens is 266 g/mol. The third-order valence-corrected chi connectivity index (χ3v) is 3.85. The summed E-state index contributed by atoms with van der Waals surface area (Å²) >= 11 is 0. The fourth-order valence-electron chi connectivity index (χ4n) is 1.49. The maximum absolute atomic E-state index is 11.9. The Balaban J connectivity index is 2.17. The molecule has 2 rings (SSSR count). The van der Waals surface area contributed by atoms with Gasteiger partial charge in [0.25, 0.3) is 0 Å². The molecule has 0 unspecified atom stereocenters. The summed E-state index contributed by atoms with van der Waals surface area (Å²) in [5.74, 6) is 0.0110. The van der Waals surface area contributed by atoms with E-state index in [1.165, 1.54) is 6.26 Å². The topological polar surface area (TPSA) is 76.4 Å². The van der Waals surface area contributed by atoms with Crippen molar-refractivity contribution >= 4 is 21.5 Å². The number of anilines is 1. The van der Waals surface area contributed by atoms with E-state index in [0.29, 0.717) is 11.3 Å². The highest BCUT2D eigenvalue weighted by molar-refractivity contribution is 7.92. The summed E-state index contributed by atoms with van der Waals surface area (Å²) in [5, 5.41) is 0. The highest BCUT2D eigenvalue weighted by Crippen LogP contribution is 2.15. The van der Waals surface area contributed by atoms with Crippen LogP contribution in [0.15, 0.2) is 47.1 Å². The Morgan fingerprint density at radius 1 is 1.21 bits per heavy atom. The van der Waals surface area contributed by atoms with Gasteiger partial charge in [0.15, 0.2) is 5.76 Å². The van der Waals surface area contributed by atoms with E-state index in [4.69, 9.17) is 4.42 Å². The molecule has 1 heterocycles. The van der Waals surface area contributed by atoms with Gasteiger partial charge in [0.1, 0.15) is 0 Å². The van der Waals surface area contributed by atoms with Crippen LogP contribution in [-0.4, -0.2) is 20.0 Å². The van der Waals surface area contributed by atoms with E-state index in [9.17, 15) is 13.2 Å². The minimum Gasteiger partial charge on any atom is -0.461 e. The molecule has 100 valence electrons. The molecule has 1 aromatic heterocycles. The Kier molecular flexibility index (Phi) is 3.71. The number of hydrogen-bond donors (Lipinski definition) is 1. The summed E-state index contributed by atoms with van der Waals surface area (Å²) in [5.41, 5.74) is 0.868. The lowest BCUT2D eigenvalue weighted by molar-refractivity contribution is 0.101. The fraction of sp³-hybridized carbons (Fsp3) is 0.154. The molecule has 0 radical (unpaired) electrons. The first kappa shape index (κ1) is 13.4. The molecule has 0 spiro atoms. The monoisotopic (exact) mass is 279 g/mol. The molecule has 0 amide bonds. The van der Waals surface area contributed by atoms with Gasteiger partial charge in [-0.05, 0) is 43.3 Å². The predicted molar refractivity (Wildman–Crippen MR) is 71.7 cm³/mol. The van der Waals surface area contributed by atoms with E-state index < -0.39 is 10.0 Å². The van der Waals surface area contributed by atoms with Crippen LogP contribution in [0.4, 0.5) is 5.69 Å². The summed E-state index contributed by atoms with van der Waals surface area (Å²) in [6.45, 7) is 1.55. The molecule has 0 aliphatic heterocycles. The molecule has 6 heteroatoms. The number of rotatable bonds is 5. The van der Waals surface area contributed by atoms with E-state index in [1.807, 2.05) is 0 Å². The Labute approximate surface area is 111 Å². The number of carbonyl (C=O) groups excluding carboxylic acids is 1. The fourth-order valence-corrected chi connectivity index (χ4v) is 2.13. The number of furan rings is 1. The predicted octanol–water partition coefficient (Wildman–Crippen LogP) is 2.27. The van der Waals surface area contributed by atoms with Crippen molar-refractivity contribution in [3.63, 3.8) is 0 Å². The minimum atomic E-state index is -3.30. The third-order valence-electron chi connectivity index (χ3n) is 2.55. The van der Waals surface area contributed by atoms with Crippen LogP contribution in [0.3, 0.4) is 0 Å². The van der Waals surface area contributed by atoms with E-state index >= 15 is 0 Å². The lowest BCUT2D eigenvalue weighted by Crippen LogP contribution is -2.14. The average molecular weight is 279 g/mol. The average Bonchev–Trinajstić information content (AvgIpc) is 2.92. The Morgan fingerprint density at radius 3 is 2.42 bits per heavy atom. The van der Waals surface area contributed by atoms with Gasteiger partial charge in [-0.2, -0.15) is 0 Å². The number of nitrogens with one attached hydrogen (secondary N) is 1. The Hall–Kier alpha value is -2.08. The summed E-state index contributed by atoms with van der Waals surface area (Å²) in [7, 11) is -3.30. The molecule has 1 aromatic carbocycles. The highest BCUT2D eigenvalue weighted by Gasteiger charge is 2.12. The summed E-state index contributed by atoms with van der Waals surface area (Å²) in [6, 6.07) is 9.41. The van der Waals surface area contributed by atoms with Crippen LogP contribution in [-0.2, 0) is 10.0 Å². The van der Waals surface area contributed by atoms with Crippen molar-refractivity contribution in [2.24, 2.45) is 0 Å². The van der Waals surface area contributed by atoms with Crippen molar-refractivity contribution in [3.05, 3.63) is 54.0 Å². The molecule has 0 aliphatic carbocycles. The molecule has 0 saturated heterocycles.